The lowest BCUT2D eigenvalue weighted by Gasteiger charge is -2.38. The van der Waals surface area contributed by atoms with Crippen LogP contribution in [0.2, 0.25) is 5.82 Å². The zero-order chi connectivity index (χ0) is 10.7. The average molecular weight is 199 g/mol. The molecule has 1 aliphatic rings. The summed E-state index contributed by atoms with van der Waals surface area (Å²) >= 11 is 0. The van der Waals surface area contributed by atoms with E-state index in [0.29, 0.717) is 6.42 Å². The minimum absolute atomic E-state index is 0.0125. The highest BCUT2D eigenvalue weighted by Gasteiger charge is 2.38. The van der Waals surface area contributed by atoms with Gasteiger partial charge in [-0.25, -0.2) is 0 Å². The Hall–Kier alpha value is -0.0951. The van der Waals surface area contributed by atoms with E-state index >= 15 is 0 Å². The normalized spacial score (nSPS) is 35.4. The van der Waals surface area contributed by atoms with E-state index in [1.165, 1.54) is 0 Å². The molecule has 81 valence electrons. The van der Waals surface area contributed by atoms with Gasteiger partial charge in [-0.3, -0.25) is 0 Å². The highest BCUT2D eigenvalue weighted by molar-refractivity contribution is 6.43. The van der Waals surface area contributed by atoms with Gasteiger partial charge in [0.1, 0.15) is 0 Å². The third-order valence-corrected chi connectivity index (χ3v) is 3.33. The molecule has 5 heteroatoms. The molecule has 0 aliphatic heterocycles. The molecule has 0 aromatic rings. The van der Waals surface area contributed by atoms with Crippen molar-refractivity contribution in [3.05, 3.63) is 6.92 Å². The van der Waals surface area contributed by atoms with E-state index in [2.05, 4.69) is 6.92 Å². The van der Waals surface area contributed by atoms with Gasteiger partial charge in [-0.15, -0.1) is 0 Å². The van der Waals surface area contributed by atoms with Gasteiger partial charge in [0, 0.05) is 12.1 Å². The first-order chi connectivity index (χ1) is 6.57. The van der Waals surface area contributed by atoms with Crippen molar-refractivity contribution < 1.29 is 10.0 Å². The van der Waals surface area contributed by atoms with Crippen molar-refractivity contribution >= 4 is 7.12 Å². The molecule has 14 heavy (non-hydrogen) atoms. The van der Waals surface area contributed by atoms with Crippen molar-refractivity contribution in [3.8, 4) is 0 Å². The lowest BCUT2D eigenvalue weighted by molar-refractivity contribution is 0.235. The van der Waals surface area contributed by atoms with Gasteiger partial charge < -0.3 is 21.5 Å². The highest BCUT2D eigenvalue weighted by Crippen LogP contribution is 2.34. The van der Waals surface area contributed by atoms with Gasteiger partial charge in [0.25, 0.3) is 0 Å². The van der Waals surface area contributed by atoms with Gasteiger partial charge in [0.15, 0.2) is 0 Å². The summed E-state index contributed by atoms with van der Waals surface area (Å²) in [6.45, 7) is 3.73. The van der Waals surface area contributed by atoms with Crippen molar-refractivity contribution in [1.29, 1.82) is 0 Å². The van der Waals surface area contributed by atoms with Crippen molar-refractivity contribution in [2.45, 2.75) is 43.6 Å². The van der Waals surface area contributed by atoms with E-state index in [1.54, 1.807) is 0 Å². The summed E-state index contributed by atoms with van der Waals surface area (Å²) in [7, 11) is -1.33. The van der Waals surface area contributed by atoms with E-state index in [-0.39, 0.29) is 23.8 Å². The number of hydrogen-bond donors (Lipinski definition) is 4. The summed E-state index contributed by atoms with van der Waals surface area (Å²) in [5.41, 5.74) is 11.8. The number of hydrogen-bond acceptors (Lipinski definition) is 4. The van der Waals surface area contributed by atoms with E-state index in [1.807, 2.05) is 0 Å². The maximum absolute atomic E-state index is 9.19. The Bertz CT molecular complexity index is 180. The van der Waals surface area contributed by atoms with Crippen molar-refractivity contribution in [3.63, 3.8) is 0 Å². The van der Waals surface area contributed by atoms with Crippen molar-refractivity contribution in [2.75, 3.05) is 0 Å². The van der Waals surface area contributed by atoms with E-state index in [0.717, 1.165) is 19.3 Å². The van der Waals surface area contributed by atoms with Gasteiger partial charge >= 0.3 is 7.12 Å². The molecule has 1 rings (SSSR count). The second kappa shape index (κ2) is 5.12. The maximum atomic E-state index is 9.19. The van der Waals surface area contributed by atoms with E-state index in [4.69, 9.17) is 11.5 Å². The van der Waals surface area contributed by atoms with Crippen LogP contribution in [-0.2, 0) is 0 Å². The molecule has 1 aliphatic carbocycles. The highest BCUT2D eigenvalue weighted by atomic mass is 16.4. The van der Waals surface area contributed by atoms with Crippen molar-refractivity contribution in [1.82, 2.24) is 0 Å². The molecule has 0 amide bonds. The molecule has 1 radical (unpaired) electrons. The standard InChI is InChI=1S/C9H20BN2O2/c1-2-7(10(13)14)6-4-3-5-8(11)9(6)12/h6-9,13-14H,1-5,11-12H2. The topological polar surface area (TPSA) is 92.5 Å². The fourth-order valence-electron chi connectivity index (χ4n) is 2.38. The van der Waals surface area contributed by atoms with Gasteiger partial charge in [-0.2, -0.15) is 0 Å². The summed E-state index contributed by atoms with van der Waals surface area (Å²) in [4.78, 5) is 0. The molecule has 4 atom stereocenters. The minimum atomic E-state index is -1.33. The molecule has 0 saturated heterocycles. The van der Waals surface area contributed by atoms with Crippen LogP contribution < -0.4 is 11.5 Å². The van der Waals surface area contributed by atoms with Crippen molar-refractivity contribution in [2.24, 2.45) is 17.4 Å². The molecule has 1 saturated carbocycles. The van der Waals surface area contributed by atoms with Gasteiger partial charge in [-0.05, 0) is 24.6 Å². The summed E-state index contributed by atoms with van der Waals surface area (Å²) < 4.78 is 0. The monoisotopic (exact) mass is 199 g/mol. The van der Waals surface area contributed by atoms with Crippen LogP contribution in [0, 0.1) is 12.8 Å². The molecular formula is C9H20BN2O2. The van der Waals surface area contributed by atoms with Crippen LogP contribution in [0.5, 0.6) is 0 Å². The SMILES string of the molecule is [CH2]CC(B(O)O)C1CCCC(N)C1N. The van der Waals surface area contributed by atoms with Gasteiger partial charge in [-0.1, -0.05) is 19.8 Å². The third-order valence-electron chi connectivity index (χ3n) is 3.33. The van der Waals surface area contributed by atoms with Crippen LogP contribution >= 0.6 is 0 Å². The van der Waals surface area contributed by atoms with Crippen LogP contribution in [0.1, 0.15) is 25.7 Å². The predicted molar refractivity (Wildman–Crippen MR) is 57.2 cm³/mol. The molecule has 0 spiro atoms. The van der Waals surface area contributed by atoms with Crippen LogP contribution in [-0.4, -0.2) is 29.3 Å². The summed E-state index contributed by atoms with van der Waals surface area (Å²) in [5.74, 6) is -0.146. The first-order valence-electron chi connectivity index (χ1n) is 5.24. The molecular weight excluding hydrogens is 179 g/mol. The quantitative estimate of drug-likeness (QED) is 0.461. The predicted octanol–water partition coefficient (Wildman–Crippen LogP) is -0.492. The van der Waals surface area contributed by atoms with Gasteiger partial charge in [0.05, 0.1) is 0 Å². The molecule has 0 heterocycles. The van der Waals surface area contributed by atoms with Crippen LogP contribution in [0.15, 0.2) is 0 Å². The lowest BCUT2D eigenvalue weighted by atomic mass is 9.59. The fraction of sp³-hybridized carbons (Fsp3) is 0.889. The summed E-state index contributed by atoms with van der Waals surface area (Å²) in [6.07, 6.45) is 3.36. The molecule has 0 aromatic carbocycles. The first-order valence-corrected chi connectivity index (χ1v) is 5.24. The minimum Gasteiger partial charge on any atom is -0.427 e. The largest absolute Gasteiger partial charge is 0.455 e. The second-order valence-electron chi connectivity index (χ2n) is 4.20. The Morgan fingerprint density at radius 1 is 1.36 bits per heavy atom. The Labute approximate surface area is 85.8 Å². The number of rotatable bonds is 3. The van der Waals surface area contributed by atoms with E-state index < -0.39 is 7.12 Å². The van der Waals surface area contributed by atoms with Gasteiger partial charge in [0.2, 0.25) is 0 Å². The second-order valence-corrected chi connectivity index (χ2v) is 4.20. The maximum Gasteiger partial charge on any atom is 0.455 e. The Morgan fingerprint density at radius 2 is 2.00 bits per heavy atom. The molecule has 4 unspecified atom stereocenters. The molecule has 0 bridgehead atoms. The number of nitrogens with two attached hydrogens (primary N) is 2. The molecule has 0 aromatic heterocycles. The third kappa shape index (κ3) is 2.48. The summed E-state index contributed by atoms with van der Waals surface area (Å²) in [5, 5.41) is 18.4. The summed E-state index contributed by atoms with van der Waals surface area (Å²) in [6, 6.07) is -0.140. The van der Waals surface area contributed by atoms with E-state index in [9.17, 15) is 10.0 Å². The Morgan fingerprint density at radius 3 is 2.50 bits per heavy atom. The smallest absolute Gasteiger partial charge is 0.427 e. The van der Waals surface area contributed by atoms with Crippen LogP contribution in [0.4, 0.5) is 0 Å². The molecule has 6 N–H and O–H groups in total. The molecule has 1 fully saturated rings. The Kier molecular flexibility index (Phi) is 4.38. The first kappa shape index (κ1) is 12.0. The average Bonchev–Trinajstić information content (AvgIpc) is 2.13. The Balaban J connectivity index is 2.63. The zero-order valence-electron chi connectivity index (χ0n) is 8.47. The zero-order valence-corrected chi connectivity index (χ0v) is 8.47. The van der Waals surface area contributed by atoms with Crippen LogP contribution in [0.25, 0.3) is 0 Å². The molecule has 4 nitrogen and oxygen atoms in total. The fourth-order valence-corrected chi connectivity index (χ4v) is 2.38. The lowest BCUT2D eigenvalue weighted by Crippen LogP contribution is -2.52. The van der Waals surface area contributed by atoms with Crippen LogP contribution in [0.3, 0.4) is 0 Å².